The van der Waals surface area contributed by atoms with Crippen LogP contribution in [-0.2, 0) is 11.3 Å². The molecule has 1 N–H and O–H groups in total. The summed E-state index contributed by atoms with van der Waals surface area (Å²) in [5.41, 5.74) is 0.361. The second kappa shape index (κ2) is 7.45. The van der Waals surface area contributed by atoms with E-state index in [1.54, 1.807) is 24.3 Å². The van der Waals surface area contributed by atoms with E-state index in [9.17, 15) is 18.4 Å². The molecule has 8 heteroatoms. The van der Waals surface area contributed by atoms with Gasteiger partial charge in [0.2, 0.25) is 5.91 Å². The van der Waals surface area contributed by atoms with E-state index >= 15 is 0 Å². The Hall–Kier alpha value is -3.06. The van der Waals surface area contributed by atoms with Gasteiger partial charge in [0.25, 0.3) is 5.56 Å². The molecule has 0 radical (unpaired) electrons. The van der Waals surface area contributed by atoms with E-state index in [0.717, 1.165) is 22.9 Å². The lowest BCUT2D eigenvalue weighted by Gasteiger charge is -2.09. The van der Waals surface area contributed by atoms with E-state index in [1.165, 1.54) is 12.1 Å². The number of hydrogen-bond acceptors (Lipinski definition) is 3. The van der Waals surface area contributed by atoms with Gasteiger partial charge in [-0.05, 0) is 30.3 Å². The van der Waals surface area contributed by atoms with Gasteiger partial charge in [-0.15, -0.1) is 0 Å². The van der Waals surface area contributed by atoms with Crippen LogP contribution in [0.15, 0.2) is 59.4 Å². The fourth-order valence-electron chi connectivity index (χ4n) is 2.26. The molecule has 0 saturated heterocycles. The molecule has 0 unspecified atom stereocenters. The summed E-state index contributed by atoms with van der Waals surface area (Å²) >= 11 is 5.84. The van der Waals surface area contributed by atoms with E-state index in [4.69, 9.17) is 11.6 Å². The van der Waals surface area contributed by atoms with Gasteiger partial charge in [-0.1, -0.05) is 23.7 Å². The third kappa shape index (κ3) is 4.12. The number of hydrogen-bond donors (Lipinski definition) is 1. The highest BCUT2D eigenvalue weighted by Gasteiger charge is 2.11. The third-order valence-electron chi connectivity index (χ3n) is 3.50. The maximum absolute atomic E-state index is 13.6. The van der Waals surface area contributed by atoms with Crippen molar-refractivity contribution in [2.24, 2.45) is 0 Å². The average Bonchev–Trinajstić information content (AvgIpc) is 2.61. The van der Waals surface area contributed by atoms with Gasteiger partial charge in [-0.25, -0.2) is 13.5 Å². The fraction of sp³-hybridized carbons (Fsp3) is 0.0556. The number of nitrogens with one attached hydrogen (secondary N) is 1. The Labute approximate surface area is 151 Å². The van der Waals surface area contributed by atoms with E-state index in [1.807, 2.05) is 0 Å². The molecule has 0 aliphatic rings. The molecule has 3 aromatic rings. The Morgan fingerprint density at radius 3 is 2.54 bits per heavy atom. The normalized spacial score (nSPS) is 10.6. The van der Waals surface area contributed by atoms with Gasteiger partial charge in [0, 0.05) is 22.7 Å². The zero-order valence-electron chi connectivity index (χ0n) is 13.2. The van der Waals surface area contributed by atoms with Gasteiger partial charge >= 0.3 is 0 Å². The zero-order chi connectivity index (χ0) is 18.7. The number of benzene rings is 2. The second-order valence-electron chi connectivity index (χ2n) is 5.39. The molecule has 0 fully saturated rings. The van der Waals surface area contributed by atoms with Crippen molar-refractivity contribution in [2.75, 3.05) is 5.32 Å². The number of carbonyl (C=O) groups is 1. The summed E-state index contributed by atoms with van der Waals surface area (Å²) in [6.07, 6.45) is 0. The predicted octanol–water partition coefficient (Wildman–Crippen LogP) is 3.48. The maximum Gasteiger partial charge on any atom is 0.267 e. The number of aromatic nitrogens is 2. The smallest absolute Gasteiger partial charge is 0.267 e. The van der Waals surface area contributed by atoms with Crippen LogP contribution in [0, 0.1) is 11.6 Å². The second-order valence-corrected chi connectivity index (χ2v) is 5.83. The number of amides is 1. The van der Waals surface area contributed by atoms with Crippen LogP contribution in [0.25, 0.3) is 11.3 Å². The Bertz CT molecular complexity index is 1020. The number of nitrogens with zero attached hydrogens (tertiary/aromatic N) is 2. The van der Waals surface area contributed by atoms with Crippen LogP contribution in [0.1, 0.15) is 0 Å². The van der Waals surface area contributed by atoms with Crippen molar-refractivity contribution in [3.05, 3.63) is 81.6 Å². The van der Waals surface area contributed by atoms with E-state index in [2.05, 4.69) is 10.4 Å². The first-order valence-electron chi connectivity index (χ1n) is 7.51. The van der Waals surface area contributed by atoms with E-state index in [-0.39, 0.29) is 5.69 Å². The summed E-state index contributed by atoms with van der Waals surface area (Å²) in [6.45, 7) is -0.448. The Balaban J connectivity index is 1.81. The molecule has 26 heavy (non-hydrogen) atoms. The summed E-state index contributed by atoms with van der Waals surface area (Å²) in [5, 5.41) is 6.90. The number of halogens is 3. The molecule has 1 aromatic heterocycles. The minimum atomic E-state index is -0.782. The molecule has 132 valence electrons. The molecule has 0 aliphatic heterocycles. The highest BCUT2D eigenvalue weighted by atomic mass is 35.5. The predicted molar refractivity (Wildman–Crippen MR) is 93.9 cm³/mol. The van der Waals surface area contributed by atoms with Gasteiger partial charge in [0.15, 0.2) is 0 Å². The van der Waals surface area contributed by atoms with E-state index < -0.39 is 29.6 Å². The molecule has 0 aliphatic carbocycles. The lowest BCUT2D eigenvalue weighted by atomic mass is 10.1. The Morgan fingerprint density at radius 1 is 1.08 bits per heavy atom. The van der Waals surface area contributed by atoms with Crippen molar-refractivity contribution in [1.29, 1.82) is 0 Å². The molecule has 3 rings (SSSR count). The number of rotatable bonds is 4. The summed E-state index contributed by atoms with van der Waals surface area (Å²) in [6, 6.07) is 12.3. The first-order chi connectivity index (χ1) is 12.4. The molecule has 5 nitrogen and oxygen atoms in total. The van der Waals surface area contributed by atoms with Crippen molar-refractivity contribution in [3.63, 3.8) is 0 Å². The van der Waals surface area contributed by atoms with Gasteiger partial charge in [-0.2, -0.15) is 5.10 Å². The molecular weight excluding hydrogens is 364 g/mol. The minimum Gasteiger partial charge on any atom is -0.322 e. The van der Waals surface area contributed by atoms with Gasteiger partial charge in [-0.3, -0.25) is 9.59 Å². The quantitative estimate of drug-likeness (QED) is 0.759. The Kier molecular flexibility index (Phi) is 5.09. The lowest BCUT2D eigenvalue weighted by molar-refractivity contribution is -0.117. The van der Waals surface area contributed by atoms with Crippen molar-refractivity contribution in [1.82, 2.24) is 9.78 Å². The van der Waals surface area contributed by atoms with Crippen LogP contribution in [-0.4, -0.2) is 15.7 Å². The molecule has 1 heterocycles. The molecule has 2 aromatic carbocycles. The highest BCUT2D eigenvalue weighted by molar-refractivity contribution is 6.30. The molecular formula is C18H12ClF2N3O2. The third-order valence-corrected chi connectivity index (χ3v) is 3.75. The monoisotopic (exact) mass is 375 g/mol. The zero-order valence-corrected chi connectivity index (χ0v) is 14.0. The van der Waals surface area contributed by atoms with E-state index in [0.29, 0.717) is 16.3 Å². The van der Waals surface area contributed by atoms with Crippen LogP contribution in [0.4, 0.5) is 14.5 Å². The standard InChI is InChI=1S/C18H12ClF2N3O2/c19-12-3-1-11(2-4-12)15-7-8-18(26)24(23-15)10-17(25)22-16-9-13(20)5-6-14(16)21/h1-9H,10H2,(H,22,25). The minimum absolute atomic E-state index is 0.308. The topological polar surface area (TPSA) is 64.0 Å². The van der Waals surface area contributed by atoms with Crippen LogP contribution in [0.2, 0.25) is 5.02 Å². The maximum atomic E-state index is 13.6. The summed E-state index contributed by atoms with van der Waals surface area (Å²) in [5.74, 6) is -2.19. The van der Waals surface area contributed by atoms with Crippen molar-refractivity contribution in [2.45, 2.75) is 6.54 Å². The molecule has 0 atom stereocenters. The van der Waals surface area contributed by atoms with Crippen molar-refractivity contribution in [3.8, 4) is 11.3 Å². The van der Waals surface area contributed by atoms with Crippen LogP contribution in [0.3, 0.4) is 0 Å². The van der Waals surface area contributed by atoms with Gasteiger partial charge in [0.1, 0.15) is 18.2 Å². The molecule has 0 saturated carbocycles. The summed E-state index contributed by atoms with van der Waals surface area (Å²) in [7, 11) is 0. The Morgan fingerprint density at radius 2 is 1.81 bits per heavy atom. The lowest BCUT2D eigenvalue weighted by Crippen LogP contribution is -2.29. The molecule has 0 bridgehead atoms. The fourth-order valence-corrected chi connectivity index (χ4v) is 2.38. The number of carbonyl (C=O) groups excluding carboxylic acids is 1. The van der Waals surface area contributed by atoms with Gasteiger partial charge in [0.05, 0.1) is 11.4 Å². The molecule has 0 spiro atoms. The largest absolute Gasteiger partial charge is 0.322 e. The SMILES string of the molecule is O=C(Cn1nc(-c2ccc(Cl)cc2)ccc1=O)Nc1cc(F)ccc1F. The van der Waals surface area contributed by atoms with Gasteiger partial charge < -0.3 is 5.32 Å². The van der Waals surface area contributed by atoms with Crippen LogP contribution >= 0.6 is 11.6 Å². The van der Waals surface area contributed by atoms with Crippen molar-refractivity contribution < 1.29 is 13.6 Å². The number of anilines is 1. The average molecular weight is 376 g/mol. The van der Waals surface area contributed by atoms with Crippen molar-refractivity contribution >= 4 is 23.2 Å². The van der Waals surface area contributed by atoms with Crippen LogP contribution in [0.5, 0.6) is 0 Å². The molecule has 1 amide bonds. The summed E-state index contributed by atoms with van der Waals surface area (Å²) < 4.78 is 27.7. The van der Waals surface area contributed by atoms with Crippen LogP contribution < -0.4 is 10.9 Å². The first-order valence-corrected chi connectivity index (χ1v) is 7.89. The highest BCUT2D eigenvalue weighted by Crippen LogP contribution is 2.18. The first kappa shape index (κ1) is 17.8. The summed E-state index contributed by atoms with van der Waals surface area (Å²) in [4.78, 5) is 24.0.